The maximum Gasteiger partial charge on any atom is 0.222 e. The minimum absolute atomic E-state index is 0.274. The SMILES string of the molecule is CC(C)CC(=O)N1CCN(Cc2nc3cc(Cl)ccc3n2Cc2ccccc2)CC1. The van der Waals surface area contributed by atoms with E-state index in [2.05, 4.69) is 53.6 Å². The summed E-state index contributed by atoms with van der Waals surface area (Å²) in [6.07, 6.45) is 0.633. The summed E-state index contributed by atoms with van der Waals surface area (Å²) < 4.78 is 2.29. The summed E-state index contributed by atoms with van der Waals surface area (Å²) in [5, 5.41) is 0.704. The number of imidazole rings is 1. The predicted octanol–water partition coefficient (Wildman–Crippen LogP) is 4.43. The average molecular weight is 425 g/mol. The molecule has 1 aliphatic rings. The summed E-state index contributed by atoms with van der Waals surface area (Å²) in [4.78, 5) is 21.7. The maximum atomic E-state index is 12.4. The quantitative estimate of drug-likeness (QED) is 0.587. The molecule has 4 rings (SSSR count). The van der Waals surface area contributed by atoms with Gasteiger partial charge in [-0.2, -0.15) is 0 Å². The molecule has 30 heavy (non-hydrogen) atoms. The van der Waals surface area contributed by atoms with E-state index in [4.69, 9.17) is 16.6 Å². The van der Waals surface area contributed by atoms with Crippen molar-refractivity contribution < 1.29 is 4.79 Å². The third-order valence-electron chi connectivity index (χ3n) is 5.65. The fourth-order valence-electron chi connectivity index (χ4n) is 4.05. The molecule has 0 saturated carbocycles. The molecular formula is C24H29ClN4O. The molecule has 1 aromatic heterocycles. The van der Waals surface area contributed by atoms with Gasteiger partial charge in [-0.25, -0.2) is 4.98 Å². The molecule has 3 aromatic rings. The van der Waals surface area contributed by atoms with Crippen LogP contribution < -0.4 is 0 Å². The third kappa shape index (κ3) is 4.85. The van der Waals surface area contributed by atoms with Gasteiger partial charge in [-0.1, -0.05) is 55.8 Å². The second-order valence-electron chi connectivity index (χ2n) is 8.49. The van der Waals surface area contributed by atoms with Crippen molar-refractivity contribution in [1.29, 1.82) is 0 Å². The molecule has 2 aromatic carbocycles. The van der Waals surface area contributed by atoms with E-state index in [0.717, 1.165) is 56.1 Å². The Bertz CT molecular complexity index is 1010. The van der Waals surface area contributed by atoms with Crippen LogP contribution in [0.25, 0.3) is 11.0 Å². The van der Waals surface area contributed by atoms with Crippen LogP contribution in [0.3, 0.4) is 0 Å². The lowest BCUT2D eigenvalue weighted by molar-refractivity contribution is -0.133. The number of carbonyl (C=O) groups excluding carboxylic acids is 1. The van der Waals surface area contributed by atoms with Gasteiger partial charge >= 0.3 is 0 Å². The largest absolute Gasteiger partial charge is 0.340 e. The maximum absolute atomic E-state index is 12.4. The number of aromatic nitrogens is 2. The first kappa shape index (κ1) is 20.9. The average Bonchev–Trinajstić information content (AvgIpc) is 3.04. The first-order valence-corrected chi connectivity index (χ1v) is 11.1. The van der Waals surface area contributed by atoms with Gasteiger partial charge in [0.2, 0.25) is 5.91 Å². The van der Waals surface area contributed by atoms with Crippen LogP contribution in [0.5, 0.6) is 0 Å². The molecule has 0 atom stereocenters. The van der Waals surface area contributed by atoms with Crippen molar-refractivity contribution >= 4 is 28.5 Å². The molecule has 1 fully saturated rings. The fraction of sp³-hybridized carbons (Fsp3) is 0.417. The summed E-state index contributed by atoms with van der Waals surface area (Å²) in [6, 6.07) is 16.4. The smallest absolute Gasteiger partial charge is 0.222 e. The topological polar surface area (TPSA) is 41.4 Å². The third-order valence-corrected chi connectivity index (χ3v) is 5.88. The zero-order chi connectivity index (χ0) is 21.1. The molecular weight excluding hydrogens is 396 g/mol. The molecule has 0 aliphatic carbocycles. The van der Waals surface area contributed by atoms with Crippen molar-refractivity contribution in [3.63, 3.8) is 0 Å². The first-order valence-electron chi connectivity index (χ1n) is 10.7. The van der Waals surface area contributed by atoms with E-state index < -0.39 is 0 Å². The number of hydrogen-bond acceptors (Lipinski definition) is 3. The minimum Gasteiger partial charge on any atom is -0.340 e. The van der Waals surface area contributed by atoms with Crippen molar-refractivity contribution in [3.05, 3.63) is 64.9 Å². The molecule has 1 amide bonds. The van der Waals surface area contributed by atoms with Crippen molar-refractivity contribution in [2.75, 3.05) is 26.2 Å². The monoisotopic (exact) mass is 424 g/mol. The predicted molar refractivity (Wildman–Crippen MR) is 122 cm³/mol. The number of carbonyl (C=O) groups is 1. The Kier molecular flexibility index (Phi) is 6.40. The fourth-order valence-corrected chi connectivity index (χ4v) is 4.22. The molecule has 1 aliphatic heterocycles. The van der Waals surface area contributed by atoms with Crippen LogP contribution in [-0.4, -0.2) is 51.4 Å². The van der Waals surface area contributed by atoms with Crippen molar-refractivity contribution in [2.24, 2.45) is 5.92 Å². The lowest BCUT2D eigenvalue weighted by Crippen LogP contribution is -2.48. The number of nitrogens with zero attached hydrogens (tertiary/aromatic N) is 4. The molecule has 0 N–H and O–H groups in total. The van der Waals surface area contributed by atoms with Gasteiger partial charge in [0.1, 0.15) is 5.82 Å². The summed E-state index contributed by atoms with van der Waals surface area (Å²) in [6.45, 7) is 9.06. The van der Waals surface area contributed by atoms with Gasteiger partial charge in [-0.05, 0) is 29.7 Å². The van der Waals surface area contributed by atoms with Crippen molar-refractivity contribution in [3.8, 4) is 0 Å². The van der Waals surface area contributed by atoms with Crippen LogP contribution in [0.4, 0.5) is 0 Å². The normalized spacial score (nSPS) is 15.3. The first-order chi connectivity index (χ1) is 14.5. The molecule has 158 valence electrons. The number of halogens is 1. The van der Waals surface area contributed by atoms with Gasteiger partial charge < -0.3 is 9.47 Å². The number of hydrogen-bond donors (Lipinski definition) is 0. The standard InChI is InChI=1S/C24H29ClN4O/c1-18(2)14-24(30)28-12-10-27(11-13-28)17-23-26-21-15-20(25)8-9-22(21)29(23)16-19-6-4-3-5-7-19/h3-9,15,18H,10-14,16-17H2,1-2H3. The second kappa shape index (κ2) is 9.19. The van der Waals surface area contributed by atoms with Crippen LogP contribution in [0.1, 0.15) is 31.7 Å². The lowest BCUT2D eigenvalue weighted by atomic mass is 10.1. The Hall–Kier alpha value is -2.37. The molecule has 2 heterocycles. The summed E-state index contributed by atoms with van der Waals surface area (Å²) in [5.74, 6) is 1.72. The van der Waals surface area contributed by atoms with E-state index in [9.17, 15) is 4.79 Å². The van der Waals surface area contributed by atoms with Crippen LogP contribution in [0.15, 0.2) is 48.5 Å². The Morgan fingerprint density at radius 3 is 2.47 bits per heavy atom. The highest BCUT2D eigenvalue weighted by Gasteiger charge is 2.23. The summed E-state index contributed by atoms with van der Waals surface area (Å²) in [5.41, 5.74) is 3.28. The van der Waals surface area contributed by atoms with E-state index in [0.29, 0.717) is 17.4 Å². The van der Waals surface area contributed by atoms with E-state index >= 15 is 0 Å². The number of rotatable bonds is 6. The van der Waals surface area contributed by atoms with Gasteiger partial charge in [-0.3, -0.25) is 9.69 Å². The summed E-state index contributed by atoms with van der Waals surface area (Å²) in [7, 11) is 0. The Morgan fingerprint density at radius 2 is 1.77 bits per heavy atom. The van der Waals surface area contributed by atoms with Gasteiger partial charge in [0.15, 0.2) is 0 Å². The molecule has 0 unspecified atom stereocenters. The van der Waals surface area contributed by atoms with Crippen molar-refractivity contribution in [2.45, 2.75) is 33.4 Å². The second-order valence-corrected chi connectivity index (χ2v) is 8.92. The minimum atomic E-state index is 0.274. The van der Waals surface area contributed by atoms with E-state index in [-0.39, 0.29) is 5.91 Å². The van der Waals surface area contributed by atoms with E-state index in [1.54, 1.807) is 0 Å². The molecule has 1 saturated heterocycles. The van der Waals surface area contributed by atoms with Gasteiger partial charge in [-0.15, -0.1) is 0 Å². The lowest BCUT2D eigenvalue weighted by Gasteiger charge is -2.35. The number of benzene rings is 2. The highest BCUT2D eigenvalue weighted by Crippen LogP contribution is 2.23. The van der Waals surface area contributed by atoms with Crippen LogP contribution in [0, 0.1) is 5.92 Å². The number of fused-ring (bicyclic) bond motifs is 1. The Morgan fingerprint density at radius 1 is 1.03 bits per heavy atom. The van der Waals surface area contributed by atoms with E-state index in [1.165, 1.54) is 5.56 Å². The molecule has 5 nitrogen and oxygen atoms in total. The van der Waals surface area contributed by atoms with E-state index in [1.807, 2.05) is 23.1 Å². The number of amides is 1. The summed E-state index contributed by atoms with van der Waals surface area (Å²) >= 11 is 6.22. The number of piperazine rings is 1. The highest BCUT2D eigenvalue weighted by atomic mass is 35.5. The molecule has 0 bridgehead atoms. The van der Waals surface area contributed by atoms with Crippen LogP contribution >= 0.6 is 11.6 Å². The zero-order valence-corrected chi connectivity index (χ0v) is 18.5. The van der Waals surface area contributed by atoms with Crippen LogP contribution in [-0.2, 0) is 17.9 Å². The van der Waals surface area contributed by atoms with Crippen LogP contribution in [0.2, 0.25) is 5.02 Å². The molecule has 0 radical (unpaired) electrons. The molecule has 0 spiro atoms. The molecule has 6 heteroatoms. The van der Waals surface area contributed by atoms with Gasteiger partial charge in [0, 0.05) is 44.2 Å². The van der Waals surface area contributed by atoms with Gasteiger partial charge in [0.25, 0.3) is 0 Å². The van der Waals surface area contributed by atoms with Gasteiger partial charge in [0.05, 0.1) is 17.6 Å². The Labute approximate surface area is 183 Å². The van der Waals surface area contributed by atoms with Crippen molar-refractivity contribution in [1.82, 2.24) is 19.4 Å². The highest BCUT2D eigenvalue weighted by molar-refractivity contribution is 6.31. The zero-order valence-electron chi connectivity index (χ0n) is 17.7. The Balaban J connectivity index is 1.51.